The Balaban J connectivity index is 1.66. The Labute approximate surface area is 198 Å². The second-order valence-electron chi connectivity index (χ2n) is 8.35. The number of amides is 1. The van der Waals surface area contributed by atoms with Crippen LogP contribution in [0.25, 0.3) is 16.8 Å². The summed E-state index contributed by atoms with van der Waals surface area (Å²) in [6, 6.07) is 13.8. The van der Waals surface area contributed by atoms with Crippen molar-refractivity contribution in [2.75, 3.05) is 13.7 Å². The minimum Gasteiger partial charge on any atom is -0.383 e. The van der Waals surface area contributed by atoms with Gasteiger partial charge in [0.2, 0.25) is 0 Å². The van der Waals surface area contributed by atoms with E-state index in [1.807, 2.05) is 61.7 Å². The predicted octanol–water partition coefficient (Wildman–Crippen LogP) is 2.93. The van der Waals surface area contributed by atoms with Gasteiger partial charge in [0.15, 0.2) is 11.6 Å². The Morgan fingerprint density at radius 1 is 1.09 bits per heavy atom. The molecule has 1 N–H and O–H groups in total. The van der Waals surface area contributed by atoms with Crippen LogP contribution in [0.15, 0.2) is 48.8 Å². The number of methoxy groups -OCH3 is 1. The summed E-state index contributed by atoms with van der Waals surface area (Å²) in [5.41, 5.74) is 4.29. The highest BCUT2D eigenvalue weighted by molar-refractivity contribution is 5.96. The fourth-order valence-electron chi connectivity index (χ4n) is 3.57. The van der Waals surface area contributed by atoms with Crippen molar-refractivity contribution in [2.24, 2.45) is 0 Å². The zero-order valence-electron chi connectivity index (χ0n) is 19.8. The van der Waals surface area contributed by atoms with Crippen LogP contribution in [-0.4, -0.2) is 54.6 Å². The number of tetrazole rings is 1. The van der Waals surface area contributed by atoms with Gasteiger partial charge < -0.3 is 14.6 Å². The van der Waals surface area contributed by atoms with E-state index >= 15 is 0 Å². The predicted molar refractivity (Wildman–Crippen MR) is 126 cm³/mol. The minimum absolute atomic E-state index is 0.119. The normalized spacial score (nSPS) is 11.2. The molecule has 34 heavy (non-hydrogen) atoms. The van der Waals surface area contributed by atoms with Crippen molar-refractivity contribution in [3.05, 3.63) is 71.6 Å². The summed E-state index contributed by atoms with van der Waals surface area (Å²) >= 11 is 0. The summed E-state index contributed by atoms with van der Waals surface area (Å²) < 4.78 is 8.66. The van der Waals surface area contributed by atoms with Gasteiger partial charge in [-0.15, -0.1) is 15.3 Å². The van der Waals surface area contributed by atoms with E-state index in [1.54, 1.807) is 24.2 Å². The van der Waals surface area contributed by atoms with E-state index in [1.165, 1.54) is 0 Å². The number of nitrogens with zero attached hydrogens (tertiary/aromatic N) is 7. The van der Waals surface area contributed by atoms with E-state index in [0.717, 1.165) is 28.2 Å². The first kappa shape index (κ1) is 23.2. The molecule has 4 aromatic rings. The topological polar surface area (TPSA) is 113 Å². The van der Waals surface area contributed by atoms with Gasteiger partial charge in [0, 0.05) is 25.1 Å². The summed E-state index contributed by atoms with van der Waals surface area (Å²) in [4.78, 5) is 13.2. The van der Waals surface area contributed by atoms with Gasteiger partial charge in [-0.25, -0.2) is 0 Å². The maximum atomic E-state index is 13.2. The molecule has 0 aliphatic rings. The van der Waals surface area contributed by atoms with Crippen molar-refractivity contribution in [2.45, 2.75) is 39.8 Å². The Morgan fingerprint density at radius 2 is 1.88 bits per heavy atom. The average Bonchev–Trinajstić information content (AvgIpc) is 3.51. The molecule has 10 heteroatoms. The molecule has 2 aromatic carbocycles. The summed E-state index contributed by atoms with van der Waals surface area (Å²) in [5, 5.41) is 23.2. The number of rotatable bonds is 9. The molecule has 0 bridgehead atoms. The van der Waals surface area contributed by atoms with Gasteiger partial charge in [-0.1, -0.05) is 43.7 Å². The molecule has 176 valence electrons. The van der Waals surface area contributed by atoms with Crippen molar-refractivity contribution in [1.82, 2.24) is 40.3 Å². The van der Waals surface area contributed by atoms with Crippen LogP contribution in [0.3, 0.4) is 0 Å². The van der Waals surface area contributed by atoms with Gasteiger partial charge >= 0.3 is 0 Å². The van der Waals surface area contributed by atoms with Crippen LogP contribution < -0.4 is 5.32 Å². The van der Waals surface area contributed by atoms with E-state index in [2.05, 4.69) is 31.0 Å². The maximum absolute atomic E-state index is 13.2. The number of carbonyl (C=O) groups is 1. The molecule has 10 nitrogen and oxygen atoms in total. The zero-order valence-corrected chi connectivity index (χ0v) is 19.8. The Bertz CT molecular complexity index is 1260. The first-order chi connectivity index (χ1) is 16.5. The molecular weight excluding hydrogens is 432 g/mol. The Morgan fingerprint density at radius 3 is 2.62 bits per heavy atom. The largest absolute Gasteiger partial charge is 0.383 e. The van der Waals surface area contributed by atoms with Crippen LogP contribution in [0.1, 0.15) is 47.3 Å². The first-order valence-electron chi connectivity index (χ1n) is 11.1. The molecule has 0 fully saturated rings. The van der Waals surface area contributed by atoms with Gasteiger partial charge in [-0.3, -0.25) is 4.79 Å². The highest BCUT2D eigenvalue weighted by Gasteiger charge is 2.17. The first-order valence-corrected chi connectivity index (χ1v) is 11.1. The fourth-order valence-corrected chi connectivity index (χ4v) is 3.57. The summed E-state index contributed by atoms with van der Waals surface area (Å²) in [6.45, 7) is 7.48. The minimum atomic E-state index is -0.226. The number of carbonyl (C=O) groups excluding carboxylic acids is 1. The highest BCUT2D eigenvalue weighted by atomic mass is 16.5. The number of ether oxygens (including phenoxy) is 1. The quantitative estimate of drug-likeness (QED) is 0.409. The molecule has 1 amide bonds. The van der Waals surface area contributed by atoms with E-state index in [-0.39, 0.29) is 18.4 Å². The lowest BCUT2D eigenvalue weighted by atomic mass is 10.0. The third-order valence-corrected chi connectivity index (χ3v) is 5.46. The maximum Gasteiger partial charge on any atom is 0.251 e. The van der Waals surface area contributed by atoms with Crippen LogP contribution >= 0.6 is 0 Å². The Hall–Kier alpha value is -3.92. The number of aryl methyl sites for hydroxylation is 1. The lowest BCUT2D eigenvalue weighted by molar-refractivity contribution is 0.0949. The van der Waals surface area contributed by atoms with Gasteiger partial charge in [-0.05, 0) is 46.7 Å². The molecule has 0 saturated heterocycles. The van der Waals surface area contributed by atoms with Gasteiger partial charge in [0.1, 0.15) is 6.33 Å². The number of benzene rings is 2. The molecule has 0 spiro atoms. The second kappa shape index (κ2) is 10.3. The summed E-state index contributed by atoms with van der Waals surface area (Å²) in [5.74, 6) is 1.27. The lowest BCUT2D eigenvalue weighted by Crippen LogP contribution is -2.25. The molecule has 2 heterocycles. The van der Waals surface area contributed by atoms with Crippen molar-refractivity contribution < 1.29 is 9.53 Å². The van der Waals surface area contributed by atoms with Crippen LogP contribution in [0.2, 0.25) is 0 Å². The second-order valence-corrected chi connectivity index (χ2v) is 8.35. The van der Waals surface area contributed by atoms with Crippen LogP contribution in [-0.2, 0) is 17.8 Å². The number of aromatic nitrogens is 7. The van der Waals surface area contributed by atoms with E-state index in [9.17, 15) is 4.79 Å². The van der Waals surface area contributed by atoms with E-state index in [4.69, 9.17) is 4.74 Å². The molecule has 2 aromatic heterocycles. The third-order valence-electron chi connectivity index (χ3n) is 5.46. The Kier molecular flexibility index (Phi) is 7.07. The van der Waals surface area contributed by atoms with E-state index < -0.39 is 0 Å². The molecule has 0 aliphatic carbocycles. The third kappa shape index (κ3) is 5.18. The number of hydrogen-bond donors (Lipinski definition) is 1. The lowest BCUT2D eigenvalue weighted by Gasteiger charge is -2.13. The standard InChI is InChI=1S/C24H28N8O2/c1-16(2)23-28-29-30-32(23)21-12-19(18-7-5-17(3)6-8-18)11-20(13-21)24(33)25-14-22-27-26-15-31(22)9-10-34-4/h5-8,11-13,15-16H,9-10,14H2,1-4H3,(H,25,33). The van der Waals surface area contributed by atoms with Crippen LogP contribution in [0.4, 0.5) is 0 Å². The average molecular weight is 461 g/mol. The smallest absolute Gasteiger partial charge is 0.251 e. The molecule has 0 aliphatic heterocycles. The van der Waals surface area contributed by atoms with Crippen molar-refractivity contribution in [3.63, 3.8) is 0 Å². The van der Waals surface area contributed by atoms with Crippen LogP contribution in [0, 0.1) is 6.92 Å². The van der Waals surface area contributed by atoms with Gasteiger partial charge in [-0.2, -0.15) is 4.68 Å². The van der Waals surface area contributed by atoms with Crippen LogP contribution in [0.5, 0.6) is 0 Å². The molecule has 0 saturated carbocycles. The SMILES string of the molecule is COCCn1cnnc1CNC(=O)c1cc(-c2ccc(C)cc2)cc(-n2nnnc2C(C)C)c1. The monoisotopic (exact) mass is 460 g/mol. The summed E-state index contributed by atoms with van der Waals surface area (Å²) in [6.07, 6.45) is 1.63. The van der Waals surface area contributed by atoms with E-state index in [0.29, 0.717) is 24.5 Å². The molecule has 0 atom stereocenters. The number of nitrogens with one attached hydrogen (secondary N) is 1. The number of hydrogen-bond acceptors (Lipinski definition) is 7. The van der Waals surface area contributed by atoms with Gasteiger partial charge in [0.25, 0.3) is 5.91 Å². The molecule has 0 radical (unpaired) electrons. The molecule has 4 rings (SSSR count). The zero-order chi connectivity index (χ0) is 24.1. The van der Waals surface area contributed by atoms with Gasteiger partial charge in [0.05, 0.1) is 18.8 Å². The van der Waals surface area contributed by atoms with Crippen molar-refractivity contribution in [1.29, 1.82) is 0 Å². The summed E-state index contributed by atoms with van der Waals surface area (Å²) in [7, 11) is 1.64. The highest BCUT2D eigenvalue weighted by Crippen LogP contribution is 2.26. The van der Waals surface area contributed by atoms with Crippen molar-refractivity contribution >= 4 is 5.91 Å². The molecular formula is C24H28N8O2. The molecule has 0 unspecified atom stereocenters. The van der Waals surface area contributed by atoms with Crippen molar-refractivity contribution in [3.8, 4) is 16.8 Å². The fraction of sp³-hybridized carbons (Fsp3) is 0.333.